The minimum Gasteiger partial charge on any atom is -0.330 e. The van der Waals surface area contributed by atoms with Gasteiger partial charge in [-0.15, -0.1) is 0 Å². The van der Waals surface area contributed by atoms with Crippen LogP contribution in [0, 0.1) is 23.2 Å². The van der Waals surface area contributed by atoms with Gasteiger partial charge in [-0.2, -0.15) is 0 Å². The lowest BCUT2D eigenvalue weighted by Gasteiger charge is -2.65. The molecule has 140 valence electrons. The van der Waals surface area contributed by atoms with Gasteiger partial charge in [-0.05, 0) is 75.3 Å². The van der Waals surface area contributed by atoms with Gasteiger partial charge in [0.05, 0.1) is 21.5 Å². The van der Waals surface area contributed by atoms with Gasteiger partial charge in [0.15, 0.2) is 0 Å². The molecular weight excluding hydrogens is 372 g/mol. The average Bonchev–Trinajstić information content (AvgIpc) is 2.55. The Morgan fingerprint density at radius 1 is 1.12 bits per heavy atom. The standard InChI is InChI=1S/C21H24Cl2FNO/c1-20(2)18(14-4-3-5-15(22)16(14)23)25(19(20)26)17-12-6-11-7-13(17)10-21(24,8-11)9-12/h3-5,11-13,17-18H,6-10H2,1-2H3. The maximum absolute atomic E-state index is 15.1. The molecule has 1 saturated heterocycles. The highest BCUT2D eigenvalue weighted by atomic mass is 35.5. The summed E-state index contributed by atoms with van der Waals surface area (Å²) in [6.07, 6.45) is 4.09. The topological polar surface area (TPSA) is 20.3 Å². The predicted octanol–water partition coefficient (Wildman–Crippen LogP) is 5.82. The van der Waals surface area contributed by atoms with Gasteiger partial charge in [-0.25, -0.2) is 4.39 Å². The molecule has 1 aliphatic heterocycles. The highest BCUT2D eigenvalue weighted by Crippen LogP contribution is 2.63. The Hall–Kier alpha value is -0.800. The van der Waals surface area contributed by atoms with Crippen LogP contribution >= 0.6 is 23.2 Å². The van der Waals surface area contributed by atoms with Gasteiger partial charge in [0.25, 0.3) is 0 Å². The summed E-state index contributed by atoms with van der Waals surface area (Å²) in [5, 5.41) is 1.06. The van der Waals surface area contributed by atoms with Crippen LogP contribution in [0.3, 0.4) is 0 Å². The van der Waals surface area contributed by atoms with E-state index in [9.17, 15) is 4.79 Å². The summed E-state index contributed by atoms with van der Waals surface area (Å²) in [4.78, 5) is 15.2. The van der Waals surface area contributed by atoms with Crippen molar-refractivity contribution in [1.82, 2.24) is 4.90 Å². The molecule has 2 nitrogen and oxygen atoms in total. The van der Waals surface area contributed by atoms with E-state index in [4.69, 9.17) is 23.2 Å². The van der Waals surface area contributed by atoms with Crippen molar-refractivity contribution >= 4 is 29.1 Å². The lowest BCUT2D eigenvalue weighted by molar-refractivity contribution is -0.199. The SMILES string of the molecule is CC1(C)C(=O)N(C2C3CC4CC2CC(F)(C4)C3)C1c1cccc(Cl)c1Cl. The molecule has 26 heavy (non-hydrogen) atoms. The van der Waals surface area contributed by atoms with Gasteiger partial charge in [0.1, 0.15) is 5.67 Å². The van der Waals surface area contributed by atoms with Crippen molar-refractivity contribution in [2.45, 2.75) is 63.7 Å². The van der Waals surface area contributed by atoms with Crippen LogP contribution in [0.15, 0.2) is 18.2 Å². The van der Waals surface area contributed by atoms with Gasteiger partial charge >= 0.3 is 0 Å². The van der Waals surface area contributed by atoms with Crippen molar-refractivity contribution in [1.29, 1.82) is 0 Å². The van der Waals surface area contributed by atoms with Crippen molar-refractivity contribution in [2.75, 3.05) is 0 Å². The molecular formula is C21H24Cl2FNO. The summed E-state index contributed by atoms with van der Waals surface area (Å²) < 4.78 is 15.1. The number of carbonyl (C=O) groups is 1. The number of alkyl halides is 1. The number of β-lactam (4-membered cyclic amide) rings is 1. The van der Waals surface area contributed by atoms with Crippen molar-refractivity contribution in [3.8, 4) is 0 Å². The normalized spacial score (nSPS) is 42.9. The number of carbonyl (C=O) groups excluding carboxylic acids is 1. The van der Waals surface area contributed by atoms with E-state index in [2.05, 4.69) is 0 Å². The number of hydrogen-bond acceptors (Lipinski definition) is 1. The monoisotopic (exact) mass is 395 g/mol. The molecule has 0 spiro atoms. The van der Waals surface area contributed by atoms with Gasteiger partial charge in [0.2, 0.25) is 5.91 Å². The average molecular weight is 396 g/mol. The summed E-state index contributed by atoms with van der Waals surface area (Å²) in [5.41, 5.74) is -0.566. The molecule has 1 heterocycles. The minimum absolute atomic E-state index is 0.0840. The van der Waals surface area contributed by atoms with E-state index in [1.165, 1.54) is 0 Å². The second-order valence-electron chi connectivity index (χ2n) is 9.59. The largest absolute Gasteiger partial charge is 0.330 e. The number of hydrogen-bond donors (Lipinski definition) is 0. The Bertz CT molecular complexity index is 778. The highest BCUT2D eigenvalue weighted by Gasteiger charge is 2.64. The molecule has 0 aromatic heterocycles. The third kappa shape index (κ3) is 2.19. The van der Waals surface area contributed by atoms with Crippen LogP contribution in [-0.4, -0.2) is 22.5 Å². The number of rotatable bonds is 2. The first-order chi connectivity index (χ1) is 12.2. The van der Waals surface area contributed by atoms with Gasteiger partial charge in [-0.3, -0.25) is 4.79 Å². The first-order valence-corrected chi connectivity index (χ1v) is 10.4. The van der Waals surface area contributed by atoms with Crippen molar-refractivity contribution < 1.29 is 9.18 Å². The lowest BCUT2D eigenvalue weighted by atomic mass is 9.51. The molecule has 0 radical (unpaired) electrons. The maximum atomic E-state index is 15.1. The van der Waals surface area contributed by atoms with Crippen LogP contribution in [0.4, 0.5) is 4.39 Å². The number of halogens is 3. The van der Waals surface area contributed by atoms with E-state index in [1.54, 1.807) is 6.07 Å². The molecule has 5 aliphatic rings. The highest BCUT2D eigenvalue weighted by molar-refractivity contribution is 6.42. The van der Waals surface area contributed by atoms with E-state index in [-0.39, 0.29) is 29.8 Å². The summed E-state index contributed by atoms with van der Waals surface area (Å²) in [6.45, 7) is 3.97. The van der Waals surface area contributed by atoms with Crippen molar-refractivity contribution in [2.24, 2.45) is 23.2 Å². The molecule has 1 aromatic rings. The molecule has 5 fully saturated rings. The number of nitrogens with zero attached hydrogens (tertiary/aromatic N) is 1. The Balaban J connectivity index is 1.54. The van der Waals surface area contributed by atoms with E-state index >= 15 is 4.39 Å². The zero-order valence-corrected chi connectivity index (χ0v) is 16.7. The fraction of sp³-hybridized carbons (Fsp3) is 0.667. The Kier molecular flexibility index (Phi) is 3.58. The van der Waals surface area contributed by atoms with Crippen LogP contribution < -0.4 is 0 Å². The second-order valence-corrected chi connectivity index (χ2v) is 10.4. The van der Waals surface area contributed by atoms with Crippen LogP contribution in [-0.2, 0) is 4.79 Å². The molecule has 3 unspecified atom stereocenters. The fourth-order valence-corrected chi connectivity index (χ4v) is 7.19. The smallest absolute Gasteiger partial charge is 0.231 e. The zero-order valence-electron chi connectivity index (χ0n) is 15.1. The Morgan fingerprint density at radius 3 is 2.38 bits per heavy atom. The molecule has 4 saturated carbocycles. The molecule has 5 heteroatoms. The third-order valence-electron chi connectivity index (χ3n) is 7.49. The number of amides is 1. The van der Waals surface area contributed by atoms with Crippen LogP contribution in [0.2, 0.25) is 10.0 Å². The molecule has 4 bridgehead atoms. The molecule has 1 amide bonds. The summed E-state index contributed by atoms with van der Waals surface area (Å²) in [5.74, 6) is 1.24. The van der Waals surface area contributed by atoms with Crippen molar-refractivity contribution in [3.05, 3.63) is 33.8 Å². The molecule has 0 N–H and O–H groups in total. The fourth-order valence-electron chi connectivity index (χ4n) is 6.78. The zero-order chi connectivity index (χ0) is 18.4. The van der Waals surface area contributed by atoms with Crippen molar-refractivity contribution in [3.63, 3.8) is 0 Å². The van der Waals surface area contributed by atoms with Gasteiger partial charge < -0.3 is 4.90 Å². The molecule has 4 aliphatic carbocycles. The predicted molar refractivity (Wildman–Crippen MR) is 101 cm³/mol. The molecule has 3 atom stereocenters. The maximum Gasteiger partial charge on any atom is 0.231 e. The minimum atomic E-state index is -0.986. The van der Waals surface area contributed by atoms with Gasteiger partial charge in [-0.1, -0.05) is 35.3 Å². The van der Waals surface area contributed by atoms with E-state index < -0.39 is 11.1 Å². The van der Waals surface area contributed by atoms with Crippen LogP contribution in [0.1, 0.15) is 57.6 Å². The summed E-state index contributed by atoms with van der Waals surface area (Å²) in [7, 11) is 0. The first-order valence-electron chi connectivity index (χ1n) is 9.67. The van der Waals surface area contributed by atoms with Gasteiger partial charge in [0, 0.05) is 6.04 Å². The third-order valence-corrected chi connectivity index (χ3v) is 8.33. The lowest BCUT2D eigenvalue weighted by Crippen LogP contribution is -2.70. The summed E-state index contributed by atoms with van der Waals surface area (Å²) >= 11 is 12.8. The molecule has 6 rings (SSSR count). The second kappa shape index (κ2) is 5.38. The molecule has 1 aromatic carbocycles. The van der Waals surface area contributed by atoms with E-state index in [0.29, 0.717) is 28.8 Å². The van der Waals surface area contributed by atoms with Crippen LogP contribution in [0.25, 0.3) is 0 Å². The summed E-state index contributed by atoms with van der Waals surface area (Å²) in [6, 6.07) is 5.72. The van der Waals surface area contributed by atoms with Crippen LogP contribution in [0.5, 0.6) is 0 Å². The quantitative estimate of drug-likeness (QED) is 0.577. The Morgan fingerprint density at radius 2 is 1.77 bits per heavy atom. The first kappa shape index (κ1) is 17.3. The number of benzene rings is 1. The Labute approximate surface area is 164 Å². The number of likely N-dealkylation sites (tertiary alicyclic amines) is 1. The van der Waals surface area contributed by atoms with E-state index in [0.717, 1.165) is 24.8 Å². The van der Waals surface area contributed by atoms with E-state index in [1.807, 2.05) is 30.9 Å².